The maximum Gasteiger partial charge on any atom is 0.311 e. The molecule has 1 aromatic heterocycles. The summed E-state index contributed by atoms with van der Waals surface area (Å²) in [5.74, 6) is 0.387. The van der Waals surface area contributed by atoms with Crippen LogP contribution >= 0.6 is 0 Å². The van der Waals surface area contributed by atoms with Crippen LogP contribution in [0, 0.1) is 24.0 Å². The average molecular weight is 424 g/mol. The molecule has 3 rings (SSSR count). The van der Waals surface area contributed by atoms with Crippen LogP contribution in [0.4, 0.5) is 11.4 Å². The van der Waals surface area contributed by atoms with E-state index in [9.17, 15) is 20.0 Å². The summed E-state index contributed by atoms with van der Waals surface area (Å²) in [6.45, 7) is 7.39. The van der Waals surface area contributed by atoms with Gasteiger partial charge in [-0.1, -0.05) is 19.9 Å². The maximum absolute atomic E-state index is 12.6. The summed E-state index contributed by atoms with van der Waals surface area (Å²) in [6.07, 6.45) is 0. The molecule has 1 heterocycles. The number of hydrogen-bond donors (Lipinski definition) is 2. The predicted molar refractivity (Wildman–Crippen MR) is 116 cm³/mol. The fourth-order valence-corrected chi connectivity index (χ4v) is 3.11. The third kappa shape index (κ3) is 5.03. The van der Waals surface area contributed by atoms with Crippen molar-refractivity contribution in [3.63, 3.8) is 0 Å². The number of phenols is 1. The fraction of sp³-hybridized carbons (Fsp3) is 0.261. The molecule has 0 fully saturated rings. The summed E-state index contributed by atoms with van der Waals surface area (Å²) in [5.41, 5.74) is 2.65. The normalized spacial score (nSPS) is 10.9. The minimum Gasteiger partial charge on any atom is -0.508 e. The Bertz CT molecular complexity index is 1130. The summed E-state index contributed by atoms with van der Waals surface area (Å²) >= 11 is 0. The molecule has 0 saturated heterocycles. The van der Waals surface area contributed by atoms with Crippen LogP contribution in [0.3, 0.4) is 0 Å². The van der Waals surface area contributed by atoms with E-state index in [0.717, 1.165) is 16.7 Å². The number of nitro groups is 1. The Balaban J connectivity index is 1.71. The standard InChI is InChI=1S/C23H24N2O6/c1-13(2)17-11-18(15(4)10-20(17)26)24-23(27)22-8-6-16(31-22)12-30-21-7-5-14(3)9-19(21)25(28)29/h5-11,13,26H,12H2,1-4H3,(H,24,27). The minimum atomic E-state index is -0.505. The van der Waals surface area contributed by atoms with Crippen molar-refractivity contribution in [2.45, 2.75) is 40.2 Å². The third-order valence-electron chi connectivity index (χ3n) is 4.81. The molecule has 8 nitrogen and oxygen atoms in total. The number of amides is 1. The number of anilines is 1. The number of hydrogen-bond acceptors (Lipinski definition) is 6. The first-order chi connectivity index (χ1) is 14.7. The summed E-state index contributed by atoms with van der Waals surface area (Å²) < 4.78 is 11.1. The highest BCUT2D eigenvalue weighted by Gasteiger charge is 2.18. The molecule has 2 aromatic carbocycles. The highest BCUT2D eigenvalue weighted by atomic mass is 16.6. The van der Waals surface area contributed by atoms with Crippen molar-refractivity contribution >= 4 is 17.3 Å². The molecular formula is C23H24N2O6. The van der Waals surface area contributed by atoms with Crippen molar-refractivity contribution in [1.29, 1.82) is 0 Å². The number of ether oxygens (including phenoxy) is 1. The van der Waals surface area contributed by atoms with Gasteiger partial charge < -0.3 is 19.6 Å². The van der Waals surface area contributed by atoms with Crippen LogP contribution in [0.15, 0.2) is 46.9 Å². The van der Waals surface area contributed by atoms with E-state index in [2.05, 4.69) is 5.32 Å². The quantitative estimate of drug-likeness (QED) is 0.295. The van der Waals surface area contributed by atoms with E-state index in [0.29, 0.717) is 11.4 Å². The lowest BCUT2D eigenvalue weighted by molar-refractivity contribution is -0.386. The zero-order chi connectivity index (χ0) is 22.7. The molecule has 8 heteroatoms. The first kappa shape index (κ1) is 21.9. The van der Waals surface area contributed by atoms with E-state index in [4.69, 9.17) is 9.15 Å². The van der Waals surface area contributed by atoms with Crippen molar-refractivity contribution < 1.29 is 24.0 Å². The smallest absolute Gasteiger partial charge is 0.311 e. The zero-order valence-electron chi connectivity index (χ0n) is 17.8. The number of carbonyl (C=O) groups excluding carboxylic acids is 1. The number of aryl methyl sites for hydroxylation is 2. The Morgan fingerprint density at radius 3 is 2.61 bits per heavy atom. The van der Waals surface area contributed by atoms with E-state index >= 15 is 0 Å². The molecule has 0 atom stereocenters. The highest BCUT2D eigenvalue weighted by molar-refractivity contribution is 6.02. The minimum absolute atomic E-state index is 0.0626. The topological polar surface area (TPSA) is 115 Å². The van der Waals surface area contributed by atoms with E-state index in [1.807, 2.05) is 13.8 Å². The Labute approximate surface area is 179 Å². The van der Waals surface area contributed by atoms with E-state index in [1.54, 1.807) is 38.1 Å². The summed E-state index contributed by atoms with van der Waals surface area (Å²) in [7, 11) is 0. The second-order valence-corrected chi connectivity index (χ2v) is 7.62. The number of furan rings is 1. The molecule has 31 heavy (non-hydrogen) atoms. The Morgan fingerprint density at radius 1 is 1.19 bits per heavy atom. The SMILES string of the molecule is Cc1ccc(OCc2ccc(C(=O)Nc3cc(C(C)C)c(O)cc3C)o2)c([N+](=O)[O-])c1. The molecule has 2 N–H and O–H groups in total. The van der Waals surface area contributed by atoms with Crippen LogP contribution < -0.4 is 10.1 Å². The molecule has 0 bridgehead atoms. The van der Waals surface area contributed by atoms with E-state index < -0.39 is 10.8 Å². The van der Waals surface area contributed by atoms with Gasteiger partial charge in [-0.15, -0.1) is 0 Å². The van der Waals surface area contributed by atoms with Gasteiger partial charge in [0.1, 0.15) is 18.1 Å². The second kappa shape index (κ2) is 8.91. The molecular weight excluding hydrogens is 400 g/mol. The highest BCUT2D eigenvalue weighted by Crippen LogP contribution is 2.32. The van der Waals surface area contributed by atoms with Gasteiger partial charge in [-0.2, -0.15) is 0 Å². The molecule has 0 radical (unpaired) electrons. The molecule has 162 valence electrons. The van der Waals surface area contributed by atoms with Crippen LogP contribution in [0.2, 0.25) is 0 Å². The molecule has 0 aliphatic carbocycles. The number of aromatic hydroxyl groups is 1. The zero-order valence-corrected chi connectivity index (χ0v) is 17.8. The summed E-state index contributed by atoms with van der Waals surface area (Å²) in [4.78, 5) is 23.3. The number of nitrogens with zero attached hydrogens (tertiary/aromatic N) is 1. The molecule has 0 unspecified atom stereocenters. The Kier molecular flexibility index (Phi) is 6.29. The van der Waals surface area contributed by atoms with Crippen LogP contribution in [-0.2, 0) is 6.61 Å². The summed E-state index contributed by atoms with van der Waals surface area (Å²) in [6, 6.07) is 11.1. The number of phenolic OH excluding ortho intramolecular Hbond substituents is 1. The van der Waals surface area contributed by atoms with Crippen molar-refractivity contribution in [2.24, 2.45) is 0 Å². The van der Waals surface area contributed by atoms with Gasteiger partial charge >= 0.3 is 5.69 Å². The Hall–Kier alpha value is -3.81. The van der Waals surface area contributed by atoms with Crippen molar-refractivity contribution in [2.75, 3.05) is 5.32 Å². The van der Waals surface area contributed by atoms with Crippen molar-refractivity contribution in [3.8, 4) is 11.5 Å². The molecule has 0 aliphatic heterocycles. The second-order valence-electron chi connectivity index (χ2n) is 7.62. The van der Waals surface area contributed by atoms with Gasteiger partial charge in [-0.25, -0.2) is 0 Å². The van der Waals surface area contributed by atoms with Crippen LogP contribution in [0.25, 0.3) is 0 Å². The largest absolute Gasteiger partial charge is 0.508 e. The monoisotopic (exact) mass is 424 g/mol. The van der Waals surface area contributed by atoms with Crippen molar-refractivity contribution in [1.82, 2.24) is 0 Å². The van der Waals surface area contributed by atoms with Gasteiger partial charge in [0.15, 0.2) is 11.5 Å². The molecule has 0 saturated carbocycles. The van der Waals surface area contributed by atoms with Gasteiger partial charge in [0.25, 0.3) is 5.91 Å². The number of nitro benzene ring substituents is 1. The lowest BCUT2D eigenvalue weighted by atomic mass is 9.99. The number of nitrogens with one attached hydrogen (secondary N) is 1. The van der Waals surface area contributed by atoms with Crippen LogP contribution in [0.1, 0.15) is 52.8 Å². The summed E-state index contributed by atoms with van der Waals surface area (Å²) in [5, 5.41) is 24.1. The van der Waals surface area contributed by atoms with E-state index in [-0.39, 0.29) is 35.5 Å². The fourth-order valence-electron chi connectivity index (χ4n) is 3.11. The molecule has 3 aromatic rings. The number of rotatable bonds is 7. The van der Waals surface area contributed by atoms with Gasteiger partial charge in [-0.3, -0.25) is 14.9 Å². The van der Waals surface area contributed by atoms with Gasteiger partial charge in [0.2, 0.25) is 0 Å². The molecule has 0 aliphatic rings. The van der Waals surface area contributed by atoms with Crippen LogP contribution in [-0.4, -0.2) is 15.9 Å². The van der Waals surface area contributed by atoms with Gasteiger partial charge in [0.05, 0.1) is 4.92 Å². The maximum atomic E-state index is 12.6. The molecule has 1 amide bonds. The first-order valence-corrected chi connectivity index (χ1v) is 9.77. The Morgan fingerprint density at radius 2 is 1.94 bits per heavy atom. The van der Waals surface area contributed by atoms with Gasteiger partial charge in [-0.05, 0) is 66.8 Å². The first-order valence-electron chi connectivity index (χ1n) is 9.77. The average Bonchev–Trinajstić information content (AvgIpc) is 3.17. The lowest BCUT2D eigenvalue weighted by Crippen LogP contribution is -2.12. The number of carbonyl (C=O) groups is 1. The lowest BCUT2D eigenvalue weighted by Gasteiger charge is -2.14. The van der Waals surface area contributed by atoms with E-state index in [1.165, 1.54) is 18.2 Å². The van der Waals surface area contributed by atoms with Gasteiger partial charge in [0, 0.05) is 11.8 Å². The predicted octanol–water partition coefficient (Wildman–Crippen LogP) is 5.46. The number of benzene rings is 2. The third-order valence-corrected chi connectivity index (χ3v) is 4.81. The van der Waals surface area contributed by atoms with Crippen LogP contribution in [0.5, 0.6) is 11.5 Å². The molecule has 0 spiro atoms. The van der Waals surface area contributed by atoms with Crippen molar-refractivity contribution in [3.05, 3.63) is 80.8 Å².